The minimum Gasteiger partial charge on any atom is -0.481 e. The highest BCUT2D eigenvalue weighted by atomic mass is 16.4. The monoisotopic (exact) mass is 256 g/mol. The predicted octanol–water partition coefficient (Wildman–Crippen LogP) is 1.09. The van der Waals surface area contributed by atoms with Gasteiger partial charge in [0.05, 0.1) is 12.0 Å². The molecule has 18 heavy (non-hydrogen) atoms. The van der Waals surface area contributed by atoms with Crippen molar-refractivity contribution in [3.63, 3.8) is 0 Å². The van der Waals surface area contributed by atoms with Crippen LogP contribution in [0.2, 0.25) is 0 Å². The Morgan fingerprint density at radius 1 is 1.50 bits per heavy atom. The summed E-state index contributed by atoms with van der Waals surface area (Å²) in [6, 6.07) is 0.202. The maximum absolute atomic E-state index is 11.7. The van der Waals surface area contributed by atoms with Crippen molar-refractivity contribution < 1.29 is 14.7 Å². The first-order valence-corrected chi connectivity index (χ1v) is 6.65. The van der Waals surface area contributed by atoms with Gasteiger partial charge in [0.15, 0.2) is 0 Å². The van der Waals surface area contributed by atoms with Crippen molar-refractivity contribution >= 4 is 11.9 Å². The van der Waals surface area contributed by atoms with Gasteiger partial charge in [-0.15, -0.1) is 0 Å². The van der Waals surface area contributed by atoms with Gasteiger partial charge in [0.25, 0.3) is 0 Å². The summed E-state index contributed by atoms with van der Waals surface area (Å²) in [7, 11) is 1.82. The molecule has 1 aliphatic heterocycles. The Kier molecular flexibility index (Phi) is 5.59. The van der Waals surface area contributed by atoms with E-state index in [1.54, 1.807) is 11.8 Å². The molecule has 1 heterocycles. The van der Waals surface area contributed by atoms with E-state index in [9.17, 15) is 9.59 Å². The van der Waals surface area contributed by atoms with Crippen LogP contribution in [0.25, 0.3) is 0 Å². The van der Waals surface area contributed by atoms with Crippen molar-refractivity contribution in [1.82, 2.24) is 10.2 Å². The zero-order chi connectivity index (χ0) is 13.7. The second kappa shape index (κ2) is 6.73. The Balaban J connectivity index is 2.20. The molecule has 0 bridgehead atoms. The van der Waals surface area contributed by atoms with Gasteiger partial charge in [-0.25, -0.2) is 0 Å². The number of carbonyl (C=O) groups excluding carboxylic acids is 1. The van der Waals surface area contributed by atoms with Crippen molar-refractivity contribution in [2.24, 2.45) is 5.92 Å². The molecule has 2 N–H and O–H groups in total. The minimum absolute atomic E-state index is 0.0538. The zero-order valence-corrected chi connectivity index (χ0v) is 11.5. The summed E-state index contributed by atoms with van der Waals surface area (Å²) >= 11 is 0. The van der Waals surface area contributed by atoms with Gasteiger partial charge < -0.3 is 15.3 Å². The van der Waals surface area contributed by atoms with Crippen LogP contribution in [-0.4, -0.2) is 47.6 Å². The van der Waals surface area contributed by atoms with Gasteiger partial charge in [-0.3, -0.25) is 9.59 Å². The van der Waals surface area contributed by atoms with E-state index < -0.39 is 5.97 Å². The van der Waals surface area contributed by atoms with Crippen molar-refractivity contribution in [3.8, 4) is 0 Å². The number of nitrogens with zero attached hydrogens (tertiary/aromatic N) is 1. The molecule has 3 unspecified atom stereocenters. The van der Waals surface area contributed by atoms with Gasteiger partial charge in [-0.1, -0.05) is 13.3 Å². The van der Waals surface area contributed by atoms with Crippen molar-refractivity contribution in [1.29, 1.82) is 0 Å². The van der Waals surface area contributed by atoms with E-state index in [1.165, 1.54) is 0 Å². The molecule has 104 valence electrons. The van der Waals surface area contributed by atoms with Gasteiger partial charge in [0, 0.05) is 19.6 Å². The van der Waals surface area contributed by atoms with Crippen LogP contribution in [0.3, 0.4) is 0 Å². The molecule has 1 saturated heterocycles. The third kappa shape index (κ3) is 4.29. The molecule has 1 fully saturated rings. The number of hydrogen-bond donors (Lipinski definition) is 2. The number of carboxylic acids is 1. The number of likely N-dealkylation sites (tertiary alicyclic amines) is 1. The Morgan fingerprint density at radius 3 is 2.67 bits per heavy atom. The summed E-state index contributed by atoms with van der Waals surface area (Å²) in [5.41, 5.74) is 0. The predicted molar refractivity (Wildman–Crippen MR) is 69.3 cm³/mol. The summed E-state index contributed by atoms with van der Waals surface area (Å²) in [6.07, 6.45) is 3.34. The minimum atomic E-state index is -0.733. The fourth-order valence-corrected chi connectivity index (χ4v) is 2.26. The van der Waals surface area contributed by atoms with Gasteiger partial charge in [-0.05, 0) is 26.2 Å². The third-order valence-corrected chi connectivity index (χ3v) is 3.61. The van der Waals surface area contributed by atoms with Gasteiger partial charge in [-0.2, -0.15) is 0 Å². The topological polar surface area (TPSA) is 69.6 Å². The fraction of sp³-hybridized carbons (Fsp3) is 0.846. The maximum Gasteiger partial charge on any atom is 0.306 e. The molecule has 0 aromatic rings. The van der Waals surface area contributed by atoms with Gasteiger partial charge in [0.2, 0.25) is 5.91 Å². The van der Waals surface area contributed by atoms with Crippen LogP contribution in [0, 0.1) is 5.92 Å². The largest absolute Gasteiger partial charge is 0.481 e. The van der Waals surface area contributed by atoms with Crippen LogP contribution in [-0.2, 0) is 9.59 Å². The quantitative estimate of drug-likeness (QED) is 0.715. The van der Waals surface area contributed by atoms with E-state index in [2.05, 4.69) is 12.2 Å². The summed E-state index contributed by atoms with van der Waals surface area (Å²) in [5.74, 6) is -0.847. The molecule has 1 aliphatic rings. The summed E-state index contributed by atoms with van der Waals surface area (Å²) < 4.78 is 0. The average Bonchev–Trinajstić information content (AvgIpc) is 2.60. The second-order valence-corrected chi connectivity index (χ2v) is 5.34. The molecule has 0 saturated carbocycles. The first kappa shape index (κ1) is 15.0. The summed E-state index contributed by atoms with van der Waals surface area (Å²) in [6.45, 7) is 4.60. The second-order valence-electron chi connectivity index (χ2n) is 5.34. The Bertz CT molecular complexity index is 307. The van der Waals surface area contributed by atoms with Crippen molar-refractivity contribution in [2.45, 2.75) is 51.6 Å². The molecule has 1 rings (SSSR count). The lowest BCUT2D eigenvalue weighted by molar-refractivity contribution is -0.141. The number of rotatable bonds is 7. The normalized spacial score (nSPS) is 23.2. The number of nitrogens with one attached hydrogen (secondary N) is 1. The standard InChI is InChI=1S/C13H24N2O3/c1-9(13(17)18)5-4-6-10(2)14-11-7-8-15(3)12(11)16/h9-11,14H,4-8H2,1-3H3,(H,17,18). The van der Waals surface area contributed by atoms with Gasteiger partial charge >= 0.3 is 5.97 Å². The van der Waals surface area contributed by atoms with Crippen LogP contribution >= 0.6 is 0 Å². The van der Waals surface area contributed by atoms with E-state index >= 15 is 0 Å². The molecule has 1 amide bonds. The van der Waals surface area contributed by atoms with E-state index in [-0.39, 0.29) is 23.9 Å². The Labute approximate surface area is 109 Å². The zero-order valence-electron chi connectivity index (χ0n) is 11.5. The Morgan fingerprint density at radius 2 is 2.17 bits per heavy atom. The lowest BCUT2D eigenvalue weighted by Crippen LogP contribution is -2.41. The van der Waals surface area contributed by atoms with Crippen LogP contribution in [0.1, 0.15) is 39.5 Å². The highest BCUT2D eigenvalue weighted by molar-refractivity contribution is 5.83. The number of carbonyl (C=O) groups is 2. The van der Waals surface area contributed by atoms with E-state index in [0.717, 1.165) is 25.8 Å². The van der Waals surface area contributed by atoms with E-state index in [0.29, 0.717) is 6.42 Å². The molecular weight excluding hydrogens is 232 g/mol. The Hall–Kier alpha value is -1.10. The van der Waals surface area contributed by atoms with E-state index in [4.69, 9.17) is 5.11 Å². The molecule has 0 aliphatic carbocycles. The molecule has 0 aromatic carbocycles. The number of aliphatic carboxylic acids is 1. The van der Waals surface area contributed by atoms with E-state index in [1.807, 2.05) is 7.05 Å². The lowest BCUT2D eigenvalue weighted by Gasteiger charge is -2.18. The number of carboxylic acid groups (broad SMARTS) is 1. The third-order valence-electron chi connectivity index (χ3n) is 3.61. The SMILES string of the molecule is CC(CCCC(C)C(=O)O)NC1CCN(C)C1=O. The molecule has 0 radical (unpaired) electrons. The first-order chi connectivity index (χ1) is 8.41. The molecule has 0 spiro atoms. The lowest BCUT2D eigenvalue weighted by atomic mass is 10.0. The highest BCUT2D eigenvalue weighted by Gasteiger charge is 2.29. The number of amides is 1. The van der Waals surface area contributed by atoms with Crippen LogP contribution < -0.4 is 5.32 Å². The molecular formula is C13H24N2O3. The maximum atomic E-state index is 11.7. The number of likely N-dealkylation sites (N-methyl/N-ethyl adjacent to an activating group) is 1. The number of hydrogen-bond acceptors (Lipinski definition) is 3. The fourth-order valence-electron chi connectivity index (χ4n) is 2.26. The first-order valence-electron chi connectivity index (χ1n) is 6.65. The van der Waals surface area contributed by atoms with Crippen molar-refractivity contribution in [2.75, 3.05) is 13.6 Å². The molecule has 0 aromatic heterocycles. The smallest absolute Gasteiger partial charge is 0.306 e. The summed E-state index contributed by atoms with van der Waals surface area (Å²) in [4.78, 5) is 24.1. The van der Waals surface area contributed by atoms with Gasteiger partial charge in [0.1, 0.15) is 0 Å². The van der Waals surface area contributed by atoms with Crippen LogP contribution in [0.5, 0.6) is 0 Å². The molecule has 5 heteroatoms. The summed E-state index contributed by atoms with van der Waals surface area (Å²) in [5, 5.41) is 12.1. The molecule has 3 atom stereocenters. The van der Waals surface area contributed by atoms with Crippen LogP contribution in [0.15, 0.2) is 0 Å². The molecule has 5 nitrogen and oxygen atoms in total. The average molecular weight is 256 g/mol. The van der Waals surface area contributed by atoms with Crippen LogP contribution in [0.4, 0.5) is 0 Å². The van der Waals surface area contributed by atoms with Crippen molar-refractivity contribution in [3.05, 3.63) is 0 Å². The highest BCUT2D eigenvalue weighted by Crippen LogP contribution is 2.13.